The van der Waals surface area contributed by atoms with E-state index in [1.54, 1.807) is 60.0 Å². The van der Waals surface area contributed by atoms with Crippen molar-refractivity contribution in [1.82, 2.24) is 0 Å². The largest absolute Gasteiger partial charge is 0.495 e. The van der Waals surface area contributed by atoms with Gasteiger partial charge in [-0.2, -0.15) is 0 Å². The molecule has 0 aliphatic heterocycles. The van der Waals surface area contributed by atoms with Gasteiger partial charge in [0.15, 0.2) is 0 Å². The Morgan fingerprint density at radius 1 is 1.04 bits per heavy atom. The number of carbonyl (C=O) groups excluding carboxylic acids is 1. The molecule has 27 heavy (non-hydrogen) atoms. The summed E-state index contributed by atoms with van der Waals surface area (Å²) in [7, 11) is -0.588. The Morgan fingerprint density at radius 2 is 1.74 bits per heavy atom. The molecule has 0 aliphatic carbocycles. The summed E-state index contributed by atoms with van der Waals surface area (Å²) in [6.45, 7) is 0. The molecule has 0 bridgehead atoms. The minimum absolute atomic E-state index is 0.267. The minimum atomic E-state index is -3.60. The molecule has 0 atom stereocenters. The van der Waals surface area contributed by atoms with Crippen LogP contribution in [0.4, 0.5) is 11.4 Å². The predicted molar refractivity (Wildman–Crippen MR) is 107 cm³/mol. The number of anilines is 2. The smallest absolute Gasteiger partial charge is 0.273 e. The van der Waals surface area contributed by atoms with Crippen LogP contribution in [-0.4, -0.2) is 28.5 Å². The second kappa shape index (κ2) is 7.81. The van der Waals surface area contributed by atoms with Gasteiger partial charge in [-0.05, 0) is 47.8 Å². The maximum Gasteiger partial charge on any atom is 0.273 e. The third-order valence-electron chi connectivity index (χ3n) is 3.96. The summed E-state index contributed by atoms with van der Waals surface area (Å²) in [6, 6.07) is 16.7. The summed E-state index contributed by atoms with van der Waals surface area (Å²) < 4.78 is 31.8. The summed E-state index contributed by atoms with van der Waals surface area (Å²) in [5.74, 6) is 0.249. The second-order valence-corrected chi connectivity index (χ2v) is 8.75. The first kappa shape index (κ1) is 18.9. The highest BCUT2D eigenvalue weighted by atomic mass is 32.2. The van der Waals surface area contributed by atoms with Gasteiger partial charge in [0.25, 0.3) is 15.9 Å². The zero-order chi connectivity index (χ0) is 19.4. The highest BCUT2D eigenvalue weighted by molar-refractivity contribution is 7.94. The number of carbonyl (C=O) groups is 1. The van der Waals surface area contributed by atoms with Gasteiger partial charge in [-0.3, -0.25) is 9.10 Å². The van der Waals surface area contributed by atoms with E-state index in [1.165, 1.54) is 18.5 Å². The van der Waals surface area contributed by atoms with Crippen molar-refractivity contribution in [3.63, 3.8) is 0 Å². The van der Waals surface area contributed by atoms with Crippen LogP contribution in [0.2, 0.25) is 0 Å². The van der Waals surface area contributed by atoms with Gasteiger partial charge in [0.1, 0.15) is 9.96 Å². The van der Waals surface area contributed by atoms with Gasteiger partial charge in [-0.15, -0.1) is 11.3 Å². The molecular formula is C19H18N2O4S2. The molecule has 2 aromatic carbocycles. The van der Waals surface area contributed by atoms with Crippen molar-refractivity contribution in [2.75, 3.05) is 23.8 Å². The average molecular weight is 402 g/mol. The molecule has 1 aromatic heterocycles. The molecule has 8 heteroatoms. The Balaban J connectivity index is 1.78. The monoisotopic (exact) mass is 402 g/mol. The normalized spacial score (nSPS) is 11.0. The molecule has 0 unspecified atom stereocenters. The van der Waals surface area contributed by atoms with E-state index in [2.05, 4.69) is 5.32 Å². The van der Waals surface area contributed by atoms with Gasteiger partial charge in [0, 0.05) is 12.6 Å². The number of hydrogen-bond donors (Lipinski definition) is 1. The van der Waals surface area contributed by atoms with E-state index in [0.717, 1.165) is 11.3 Å². The van der Waals surface area contributed by atoms with Crippen LogP contribution in [0.3, 0.4) is 0 Å². The van der Waals surface area contributed by atoms with E-state index in [1.807, 2.05) is 6.07 Å². The number of ether oxygens (including phenoxy) is 1. The molecule has 6 nitrogen and oxygen atoms in total. The van der Waals surface area contributed by atoms with E-state index < -0.39 is 10.0 Å². The van der Waals surface area contributed by atoms with Gasteiger partial charge in [0.05, 0.1) is 18.5 Å². The Hall–Kier alpha value is -2.84. The lowest BCUT2D eigenvalue weighted by Crippen LogP contribution is -2.25. The van der Waals surface area contributed by atoms with Crippen LogP contribution in [0.5, 0.6) is 5.75 Å². The van der Waals surface area contributed by atoms with E-state index in [4.69, 9.17) is 4.74 Å². The number of thiophene rings is 1. The molecule has 1 N–H and O–H groups in total. The van der Waals surface area contributed by atoms with E-state index in [-0.39, 0.29) is 10.1 Å². The van der Waals surface area contributed by atoms with Crippen molar-refractivity contribution in [3.8, 4) is 5.75 Å². The Labute approximate surface area is 162 Å². The Morgan fingerprint density at radius 3 is 2.37 bits per heavy atom. The standard InChI is InChI=1S/C19H18N2O4S2/c1-21(27(23,24)18-8-5-13-26-18)15-11-9-14(10-12-15)19(22)20-16-6-3-4-7-17(16)25-2/h3-13H,1-2H3,(H,20,22). The summed E-state index contributed by atoms with van der Waals surface area (Å²) >= 11 is 1.16. The molecule has 0 aliphatic rings. The third-order valence-corrected chi connectivity index (χ3v) is 7.12. The number of hydrogen-bond acceptors (Lipinski definition) is 5. The quantitative estimate of drug-likeness (QED) is 0.680. The second-order valence-electron chi connectivity index (χ2n) is 5.61. The van der Waals surface area contributed by atoms with E-state index in [9.17, 15) is 13.2 Å². The molecule has 0 fully saturated rings. The first-order valence-electron chi connectivity index (χ1n) is 8.00. The van der Waals surface area contributed by atoms with E-state index >= 15 is 0 Å². The molecule has 0 spiro atoms. The van der Waals surface area contributed by atoms with Crippen LogP contribution in [0.25, 0.3) is 0 Å². The van der Waals surface area contributed by atoms with Crippen molar-refractivity contribution in [2.45, 2.75) is 4.21 Å². The first-order valence-corrected chi connectivity index (χ1v) is 10.3. The van der Waals surface area contributed by atoms with Crippen molar-refractivity contribution in [2.24, 2.45) is 0 Å². The van der Waals surface area contributed by atoms with Gasteiger partial charge >= 0.3 is 0 Å². The zero-order valence-corrected chi connectivity index (χ0v) is 16.4. The third kappa shape index (κ3) is 3.96. The summed E-state index contributed by atoms with van der Waals surface area (Å²) in [5.41, 5.74) is 1.44. The number of sulfonamides is 1. The van der Waals surface area contributed by atoms with Gasteiger partial charge in [-0.1, -0.05) is 18.2 Å². The fraction of sp³-hybridized carbons (Fsp3) is 0.105. The zero-order valence-electron chi connectivity index (χ0n) is 14.7. The fourth-order valence-electron chi connectivity index (χ4n) is 2.45. The number of nitrogens with zero attached hydrogens (tertiary/aromatic N) is 1. The Bertz CT molecular complexity index is 1030. The van der Waals surface area contributed by atoms with Gasteiger partial charge in [0.2, 0.25) is 0 Å². The van der Waals surface area contributed by atoms with Crippen molar-refractivity contribution in [3.05, 3.63) is 71.6 Å². The van der Waals surface area contributed by atoms with E-state index in [0.29, 0.717) is 22.7 Å². The SMILES string of the molecule is COc1ccccc1NC(=O)c1ccc(N(C)S(=O)(=O)c2cccs2)cc1. The van der Waals surface area contributed by atoms with Crippen LogP contribution in [0.15, 0.2) is 70.3 Å². The number of benzene rings is 2. The van der Waals surface area contributed by atoms with Crippen LogP contribution >= 0.6 is 11.3 Å². The van der Waals surface area contributed by atoms with Crippen molar-refractivity contribution >= 4 is 38.6 Å². The topological polar surface area (TPSA) is 75.7 Å². The van der Waals surface area contributed by atoms with Gasteiger partial charge < -0.3 is 10.1 Å². The molecule has 1 amide bonds. The molecule has 3 aromatic rings. The number of amides is 1. The molecule has 0 saturated carbocycles. The maximum atomic E-state index is 12.6. The predicted octanol–water partition coefficient (Wildman–Crippen LogP) is 3.83. The van der Waals surface area contributed by atoms with Crippen LogP contribution < -0.4 is 14.4 Å². The average Bonchev–Trinajstić information content (AvgIpc) is 3.23. The number of rotatable bonds is 6. The molecule has 0 saturated heterocycles. The van der Waals surface area contributed by atoms with Gasteiger partial charge in [-0.25, -0.2) is 8.42 Å². The van der Waals surface area contributed by atoms with Crippen molar-refractivity contribution in [1.29, 1.82) is 0 Å². The summed E-state index contributed by atoms with van der Waals surface area (Å²) in [6.07, 6.45) is 0. The number of methoxy groups -OCH3 is 1. The molecule has 140 valence electrons. The fourth-order valence-corrected chi connectivity index (χ4v) is 4.81. The summed E-state index contributed by atoms with van der Waals surface area (Å²) in [5, 5.41) is 4.50. The number of nitrogens with one attached hydrogen (secondary N) is 1. The van der Waals surface area contributed by atoms with Crippen molar-refractivity contribution < 1.29 is 17.9 Å². The lowest BCUT2D eigenvalue weighted by molar-refractivity contribution is 0.102. The highest BCUT2D eigenvalue weighted by Gasteiger charge is 2.22. The number of para-hydroxylation sites is 2. The summed E-state index contributed by atoms with van der Waals surface area (Å²) in [4.78, 5) is 12.5. The van der Waals surface area contributed by atoms with Crippen LogP contribution in [0.1, 0.15) is 10.4 Å². The molecule has 0 radical (unpaired) electrons. The first-order chi connectivity index (χ1) is 12.9. The maximum absolute atomic E-state index is 12.6. The Kier molecular flexibility index (Phi) is 5.48. The minimum Gasteiger partial charge on any atom is -0.495 e. The molecule has 3 rings (SSSR count). The van der Waals surface area contributed by atoms with Crippen LogP contribution in [0, 0.1) is 0 Å². The molecule has 1 heterocycles. The highest BCUT2D eigenvalue weighted by Crippen LogP contribution is 2.26. The lowest BCUT2D eigenvalue weighted by Gasteiger charge is -2.18. The molecular weight excluding hydrogens is 384 g/mol. The lowest BCUT2D eigenvalue weighted by atomic mass is 10.2. The van der Waals surface area contributed by atoms with Crippen LogP contribution in [-0.2, 0) is 10.0 Å².